The molecule has 0 aliphatic rings. The van der Waals surface area contributed by atoms with Crippen molar-refractivity contribution >= 4 is 17.4 Å². The van der Waals surface area contributed by atoms with Crippen molar-refractivity contribution < 1.29 is 4.42 Å². The summed E-state index contributed by atoms with van der Waals surface area (Å²) < 4.78 is 5.56. The van der Waals surface area contributed by atoms with E-state index in [4.69, 9.17) is 4.42 Å². The molecule has 0 aliphatic heterocycles. The Hall–Kier alpha value is -1.47. The molecule has 0 aromatic carbocycles. The zero-order chi connectivity index (χ0) is 14.8. The smallest absolute Gasteiger partial charge is 0.316 e. The van der Waals surface area contributed by atoms with Crippen LogP contribution in [0, 0.1) is 6.92 Å². The van der Waals surface area contributed by atoms with Crippen molar-refractivity contribution in [1.29, 1.82) is 0 Å². The summed E-state index contributed by atoms with van der Waals surface area (Å²) in [6.45, 7) is 10.9. The van der Waals surface area contributed by atoms with Crippen LogP contribution in [-0.2, 0) is 6.54 Å². The predicted molar refractivity (Wildman–Crippen MR) is 79.8 cm³/mol. The molecule has 0 spiro atoms. The third-order valence-corrected chi connectivity index (χ3v) is 3.68. The fourth-order valence-electron chi connectivity index (χ4n) is 1.54. The summed E-state index contributed by atoms with van der Waals surface area (Å²) in [7, 11) is 0. The topological polar surface area (TPSA) is 75.9 Å². The van der Waals surface area contributed by atoms with Gasteiger partial charge in [0.25, 0.3) is 0 Å². The van der Waals surface area contributed by atoms with Crippen LogP contribution in [0.3, 0.4) is 0 Å². The fourth-order valence-corrected chi connectivity index (χ4v) is 2.32. The number of nitrogens with one attached hydrogen (secondary N) is 2. The van der Waals surface area contributed by atoms with Crippen LogP contribution in [0.15, 0.2) is 10.6 Å². The molecule has 0 saturated heterocycles. The highest BCUT2D eigenvalue weighted by Crippen LogP contribution is 2.22. The van der Waals surface area contributed by atoms with Crippen molar-refractivity contribution in [2.75, 3.05) is 5.32 Å². The molecule has 0 saturated carbocycles. The van der Waals surface area contributed by atoms with Gasteiger partial charge in [-0.15, -0.1) is 16.4 Å². The van der Waals surface area contributed by atoms with Crippen LogP contribution in [-0.4, -0.2) is 20.7 Å². The number of rotatable bonds is 5. The van der Waals surface area contributed by atoms with Gasteiger partial charge in [-0.05, 0) is 34.6 Å². The van der Waals surface area contributed by atoms with Crippen molar-refractivity contribution in [3.8, 4) is 0 Å². The molecule has 7 heteroatoms. The lowest BCUT2D eigenvalue weighted by Crippen LogP contribution is -2.35. The second-order valence-electron chi connectivity index (χ2n) is 5.78. The molecule has 6 nitrogen and oxygen atoms in total. The SMILES string of the molecule is Cc1cnc(C(C)Nc2nnc(CNC(C)(C)C)o2)s1. The van der Waals surface area contributed by atoms with Gasteiger partial charge in [-0.3, -0.25) is 0 Å². The van der Waals surface area contributed by atoms with Crippen LogP contribution >= 0.6 is 11.3 Å². The van der Waals surface area contributed by atoms with Crippen molar-refractivity contribution in [3.05, 3.63) is 22.0 Å². The van der Waals surface area contributed by atoms with Crippen LogP contribution in [0.25, 0.3) is 0 Å². The standard InChI is InChI=1S/C13H21N5OS/c1-8-6-14-11(20-8)9(2)16-12-18-17-10(19-12)7-15-13(3,4)5/h6,9,15H,7H2,1-5H3,(H,16,18). The molecule has 2 N–H and O–H groups in total. The average Bonchev–Trinajstić information content (AvgIpc) is 2.95. The van der Waals surface area contributed by atoms with Crippen LogP contribution in [0.2, 0.25) is 0 Å². The van der Waals surface area contributed by atoms with E-state index in [1.807, 2.05) is 20.0 Å². The Morgan fingerprint density at radius 3 is 2.70 bits per heavy atom. The maximum absolute atomic E-state index is 5.56. The summed E-state index contributed by atoms with van der Waals surface area (Å²) in [4.78, 5) is 5.53. The molecule has 0 aliphatic carbocycles. The van der Waals surface area contributed by atoms with Crippen LogP contribution in [0.5, 0.6) is 0 Å². The van der Waals surface area contributed by atoms with E-state index in [9.17, 15) is 0 Å². The number of nitrogens with zero attached hydrogens (tertiary/aromatic N) is 3. The minimum absolute atomic E-state index is 0.0216. The Labute approximate surface area is 123 Å². The van der Waals surface area contributed by atoms with E-state index in [0.29, 0.717) is 18.5 Å². The minimum Gasteiger partial charge on any atom is -0.407 e. The Morgan fingerprint density at radius 1 is 1.35 bits per heavy atom. The van der Waals surface area contributed by atoms with Gasteiger partial charge >= 0.3 is 6.01 Å². The van der Waals surface area contributed by atoms with Crippen molar-refractivity contribution in [2.45, 2.75) is 52.7 Å². The zero-order valence-electron chi connectivity index (χ0n) is 12.5. The van der Waals surface area contributed by atoms with Crippen molar-refractivity contribution in [3.63, 3.8) is 0 Å². The maximum atomic E-state index is 5.56. The highest BCUT2D eigenvalue weighted by Gasteiger charge is 2.15. The summed E-state index contributed by atoms with van der Waals surface area (Å²) >= 11 is 1.66. The van der Waals surface area contributed by atoms with E-state index in [1.165, 1.54) is 4.88 Å². The Balaban J connectivity index is 1.92. The molecule has 1 atom stereocenters. The highest BCUT2D eigenvalue weighted by molar-refractivity contribution is 7.11. The normalized spacial score (nSPS) is 13.4. The van der Waals surface area contributed by atoms with Crippen molar-refractivity contribution in [1.82, 2.24) is 20.5 Å². The lowest BCUT2D eigenvalue weighted by molar-refractivity contribution is 0.383. The summed E-state index contributed by atoms with van der Waals surface area (Å²) in [6, 6.07) is 0.480. The van der Waals surface area contributed by atoms with E-state index in [-0.39, 0.29) is 11.6 Å². The molecule has 2 rings (SSSR count). The van der Waals surface area contributed by atoms with E-state index >= 15 is 0 Å². The summed E-state index contributed by atoms with van der Waals surface area (Å²) in [5.74, 6) is 0.574. The van der Waals surface area contributed by atoms with Crippen LogP contribution in [0.1, 0.15) is 49.5 Å². The number of anilines is 1. The number of thiazole rings is 1. The van der Waals surface area contributed by atoms with Crippen molar-refractivity contribution in [2.24, 2.45) is 0 Å². The zero-order valence-corrected chi connectivity index (χ0v) is 13.3. The number of hydrogen-bond donors (Lipinski definition) is 2. The molecule has 2 aromatic heterocycles. The molecular formula is C13H21N5OS. The maximum Gasteiger partial charge on any atom is 0.316 e. The molecule has 1 unspecified atom stereocenters. The first-order valence-electron chi connectivity index (χ1n) is 6.60. The van der Waals surface area contributed by atoms with Gasteiger partial charge in [0, 0.05) is 16.6 Å². The van der Waals surface area contributed by atoms with Gasteiger partial charge in [-0.25, -0.2) is 4.98 Å². The second kappa shape index (κ2) is 5.88. The van der Waals surface area contributed by atoms with Gasteiger partial charge in [0.1, 0.15) is 5.01 Å². The summed E-state index contributed by atoms with van der Waals surface area (Å²) in [5.41, 5.74) is 0.0216. The molecule has 2 heterocycles. The third-order valence-electron chi connectivity index (χ3n) is 2.59. The summed E-state index contributed by atoms with van der Waals surface area (Å²) in [6.07, 6.45) is 1.87. The van der Waals surface area contributed by atoms with E-state index in [0.717, 1.165) is 5.01 Å². The number of hydrogen-bond acceptors (Lipinski definition) is 7. The second-order valence-corrected chi connectivity index (χ2v) is 7.05. The molecule has 0 fully saturated rings. The first-order valence-corrected chi connectivity index (χ1v) is 7.41. The van der Waals surface area contributed by atoms with Gasteiger partial charge in [0.2, 0.25) is 5.89 Å². The Bertz CT molecular complexity index is 557. The predicted octanol–water partition coefficient (Wildman–Crippen LogP) is 2.90. The fraction of sp³-hybridized carbons (Fsp3) is 0.615. The van der Waals surface area contributed by atoms with Gasteiger partial charge in [-0.1, -0.05) is 5.10 Å². The summed E-state index contributed by atoms with van der Waals surface area (Å²) in [5, 5.41) is 15.5. The Kier molecular flexibility index (Phi) is 4.39. The van der Waals surface area contributed by atoms with Gasteiger partial charge in [0.15, 0.2) is 0 Å². The number of aryl methyl sites for hydroxylation is 1. The minimum atomic E-state index is 0.0216. The first kappa shape index (κ1) is 14.9. The van der Waals surface area contributed by atoms with E-state index in [1.54, 1.807) is 11.3 Å². The largest absolute Gasteiger partial charge is 0.407 e. The molecule has 0 radical (unpaired) electrons. The molecule has 0 bridgehead atoms. The highest BCUT2D eigenvalue weighted by atomic mass is 32.1. The number of aromatic nitrogens is 3. The average molecular weight is 295 g/mol. The van der Waals surface area contributed by atoms with E-state index < -0.39 is 0 Å². The van der Waals surface area contributed by atoms with Crippen LogP contribution in [0.4, 0.5) is 6.01 Å². The molecule has 20 heavy (non-hydrogen) atoms. The monoisotopic (exact) mass is 295 g/mol. The van der Waals surface area contributed by atoms with Gasteiger partial charge < -0.3 is 15.1 Å². The quantitative estimate of drug-likeness (QED) is 0.883. The van der Waals surface area contributed by atoms with Crippen LogP contribution < -0.4 is 10.6 Å². The molecular weight excluding hydrogens is 274 g/mol. The molecule has 0 amide bonds. The van der Waals surface area contributed by atoms with Gasteiger partial charge in [0.05, 0.1) is 12.6 Å². The lowest BCUT2D eigenvalue weighted by atomic mass is 10.1. The lowest BCUT2D eigenvalue weighted by Gasteiger charge is -2.18. The molecule has 2 aromatic rings. The molecule has 110 valence electrons. The van der Waals surface area contributed by atoms with Gasteiger partial charge in [-0.2, -0.15) is 0 Å². The first-order chi connectivity index (χ1) is 9.33. The third kappa shape index (κ3) is 4.28. The van der Waals surface area contributed by atoms with E-state index in [2.05, 4.69) is 46.6 Å². The Morgan fingerprint density at radius 2 is 2.10 bits per heavy atom.